The molecule has 0 aliphatic rings. The van der Waals surface area contributed by atoms with Crippen LogP contribution in [-0.2, 0) is 20.7 Å². The zero-order valence-corrected chi connectivity index (χ0v) is 14.8. The topological polar surface area (TPSA) is 64.6 Å². The Morgan fingerprint density at radius 2 is 1.70 bits per heavy atom. The molecule has 0 aliphatic heterocycles. The molecular weight excluding hydrogens is 294 g/mol. The minimum absolute atomic E-state index is 0.270. The van der Waals surface area contributed by atoms with Crippen LogP contribution in [0.1, 0.15) is 45.7 Å². The number of carbonyl (C=O) groups is 2. The van der Waals surface area contributed by atoms with E-state index in [2.05, 4.69) is 5.32 Å². The van der Waals surface area contributed by atoms with Gasteiger partial charge in [0.25, 0.3) is 0 Å². The molecule has 0 heterocycles. The average Bonchev–Trinajstić information content (AvgIpc) is 2.38. The Bertz CT molecular complexity index is 531. The summed E-state index contributed by atoms with van der Waals surface area (Å²) < 4.78 is 10.5. The predicted molar refractivity (Wildman–Crippen MR) is 89.3 cm³/mol. The minimum Gasteiger partial charge on any atom is -0.461 e. The van der Waals surface area contributed by atoms with Gasteiger partial charge in [0.05, 0.1) is 0 Å². The number of carbonyl (C=O) groups excluding carboxylic acids is 2. The summed E-state index contributed by atoms with van der Waals surface area (Å²) in [7, 11) is 0. The number of alkyl carbamates (subject to hydrolysis) is 1. The molecule has 0 aromatic heterocycles. The van der Waals surface area contributed by atoms with Crippen LogP contribution in [0.25, 0.3) is 0 Å². The smallest absolute Gasteiger partial charge is 0.408 e. The van der Waals surface area contributed by atoms with Crippen LogP contribution in [0.5, 0.6) is 0 Å². The molecule has 23 heavy (non-hydrogen) atoms. The summed E-state index contributed by atoms with van der Waals surface area (Å²) in [6.07, 6.45) is -0.272. The first kappa shape index (κ1) is 19.0. The molecule has 5 heteroatoms. The van der Waals surface area contributed by atoms with E-state index in [1.54, 1.807) is 27.7 Å². The van der Waals surface area contributed by atoms with Crippen LogP contribution in [0, 0.1) is 6.92 Å². The van der Waals surface area contributed by atoms with Crippen molar-refractivity contribution < 1.29 is 19.1 Å². The summed E-state index contributed by atoms with van der Waals surface area (Å²) in [5.74, 6) is -0.476. The van der Waals surface area contributed by atoms with Crippen LogP contribution in [-0.4, -0.2) is 29.8 Å². The third-order valence-corrected chi connectivity index (χ3v) is 3.05. The molecule has 0 radical (unpaired) electrons. The van der Waals surface area contributed by atoms with Crippen LogP contribution >= 0.6 is 0 Å². The highest BCUT2D eigenvalue weighted by atomic mass is 16.6. The van der Waals surface area contributed by atoms with E-state index in [9.17, 15) is 9.59 Å². The molecule has 1 aromatic rings. The molecule has 0 fully saturated rings. The van der Waals surface area contributed by atoms with E-state index in [0.717, 1.165) is 5.56 Å². The lowest BCUT2D eigenvalue weighted by molar-refractivity contribution is -0.150. The number of nitrogens with one attached hydrogen (secondary N) is 1. The van der Waals surface area contributed by atoms with Crippen molar-refractivity contribution in [3.05, 3.63) is 35.4 Å². The second-order valence-electron chi connectivity index (χ2n) is 6.81. The number of esters is 1. The van der Waals surface area contributed by atoms with Gasteiger partial charge in [0.1, 0.15) is 17.7 Å². The summed E-state index contributed by atoms with van der Waals surface area (Å²) in [6, 6.07) is 7.32. The van der Waals surface area contributed by atoms with Crippen LogP contribution in [0.3, 0.4) is 0 Å². The fourth-order valence-corrected chi connectivity index (χ4v) is 1.94. The predicted octanol–water partition coefficient (Wildman–Crippen LogP) is 3.38. The quantitative estimate of drug-likeness (QED) is 0.844. The molecule has 0 bridgehead atoms. The Balaban J connectivity index is 2.44. The van der Waals surface area contributed by atoms with Gasteiger partial charge >= 0.3 is 12.1 Å². The summed E-state index contributed by atoms with van der Waals surface area (Å²) in [4.78, 5) is 23.6. The third kappa shape index (κ3) is 7.68. The van der Waals surface area contributed by atoms with Gasteiger partial charge < -0.3 is 14.8 Å². The second kappa shape index (κ2) is 7.99. The first-order valence-electron chi connectivity index (χ1n) is 7.82. The van der Waals surface area contributed by atoms with E-state index in [-0.39, 0.29) is 6.10 Å². The van der Waals surface area contributed by atoms with Crippen molar-refractivity contribution in [1.29, 1.82) is 0 Å². The van der Waals surface area contributed by atoms with Crippen molar-refractivity contribution in [3.63, 3.8) is 0 Å². The highest BCUT2D eigenvalue weighted by Gasteiger charge is 2.23. The molecular formula is C18H27NO4. The molecule has 2 atom stereocenters. The zero-order chi connectivity index (χ0) is 17.6. The first-order chi connectivity index (χ1) is 10.6. The fourth-order valence-electron chi connectivity index (χ4n) is 1.94. The number of benzene rings is 1. The Morgan fingerprint density at radius 1 is 1.13 bits per heavy atom. The number of rotatable bonds is 5. The van der Waals surface area contributed by atoms with Crippen molar-refractivity contribution in [2.75, 3.05) is 0 Å². The molecule has 128 valence electrons. The Labute approximate surface area is 138 Å². The van der Waals surface area contributed by atoms with Gasteiger partial charge in [-0.1, -0.05) is 29.8 Å². The molecule has 1 rings (SSSR count). The zero-order valence-electron chi connectivity index (χ0n) is 14.8. The lowest BCUT2D eigenvalue weighted by Crippen LogP contribution is -2.43. The van der Waals surface area contributed by atoms with Gasteiger partial charge in [-0.2, -0.15) is 0 Å². The highest BCUT2D eigenvalue weighted by molar-refractivity contribution is 5.81. The van der Waals surface area contributed by atoms with Crippen molar-refractivity contribution in [1.82, 2.24) is 5.32 Å². The van der Waals surface area contributed by atoms with E-state index >= 15 is 0 Å². The maximum Gasteiger partial charge on any atom is 0.408 e. The number of amides is 1. The maximum atomic E-state index is 12.0. The summed E-state index contributed by atoms with van der Waals surface area (Å²) >= 11 is 0. The van der Waals surface area contributed by atoms with Gasteiger partial charge in [0, 0.05) is 6.42 Å². The van der Waals surface area contributed by atoms with E-state index in [1.807, 2.05) is 38.1 Å². The van der Waals surface area contributed by atoms with Crippen LogP contribution in [0.4, 0.5) is 4.79 Å². The van der Waals surface area contributed by atoms with Gasteiger partial charge in [0.2, 0.25) is 0 Å². The standard InChI is InChI=1S/C18H27NO4/c1-12-7-9-15(10-8-12)11-13(2)22-16(20)14(3)19-17(21)23-18(4,5)6/h7-10,13-14H,11H2,1-6H3,(H,19,21)/t13?,14-/m0/s1. The first-order valence-corrected chi connectivity index (χ1v) is 7.82. The molecule has 0 spiro atoms. The summed E-state index contributed by atoms with van der Waals surface area (Å²) in [5, 5.41) is 2.48. The van der Waals surface area contributed by atoms with Crippen LogP contribution < -0.4 is 5.32 Å². The largest absolute Gasteiger partial charge is 0.461 e. The van der Waals surface area contributed by atoms with Gasteiger partial charge in [0.15, 0.2) is 0 Å². The van der Waals surface area contributed by atoms with Crippen LogP contribution in [0.15, 0.2) is 24.3 Å². The molecule has 1 aromatic carbocycles. The number of aryl methyl sites for hydroxylation is 1. The lowest BCUT2D eigenvalue weighted by Gasteiger charge is -2.22. The number of hydrogen-bond acceptors (Lipinski definition) is 4. The normalized spacial score (nSPS) is 13.8. The van der Waals surface area contributed by atoms with E-state index < -0.39 is 23.7 Å². The molecule has 1 amide bonds. The van der Waals surface area contributed by atoms with E-state index in [4.69, 9.17) is 9.47 Å². The lowest BCUT2D eigenvalue weighted by atomic mass is 10.1. The molecule has 5 nitrogen and oxygen atoms in total. The van der Waals surface area contributed by atoms with Crippen molar-refractivity contribution in [3.8, 4) is 0 Å². The van der Waals surface area contributed by atoms with E-state index in [1.165, 1.54) is 5.56 Å². The van der Waals surface area contributed by atoms with Gasteiger partial charge in [-0.3, -0.25) is 0 Å². The minimum atomic E-state index is -0.759. The highest BCUT2D eigenvalue weighted by Crippen LogP contribution is 2.10. The second-order valence-corrected chi connectivity index (χ2v) is 6.81. The molecule has 1 unspecified atom stereocenters. The molecule has 0 saturated carbocycles. The summed E-state index contributed by atoms with van der Waals surface area (Å²) in [5.41, 5.74) is 1.68. The number of hydrogen-bond donors (Lipinski definition) is 1. The van der Waals surface area contributed by atoms with Crippen molar-refractivity contribution in [2.24, 2.45) is 0 Å². The monoisotopic (exact) mass is 321 g/mol. The van der Waals surface area contributed by atoms with Gasteiger partial charge in [-0.15, -0.1) is 0 Å². The van der Waals surface area contributed by atoms with Crippen molar-refractivity contribution >= 4 is 12.1 Å². The maximum absolute atomic E-state index is 12.0. The molecule has 0 saturated heterocycles. The van der Waals surface area contributed by atoms with Crippen molar-refractivity contribution in [2.45, 2.75) is 65.7 Å². The van der Waals surface area contributed by atoms with E-state index in [0.29, 0.717) is 6.42 Å². The fraction of sp³-hybridized carbons (Fsp3) is 0.556. The number of ether oxygens (including phenoxy) is 2. The van der Waals surface area contributed by atoms with Crippen LogP contribution in [0.2, 0.25) is 0 Å². The molecule has 0 aliphatic carbocycles. The van der Waals surface area contributed by atoms with Gasteiger partial charge in [-0.05, 0) is 47.1 Å². The molecule has 1 N–H and O–H groups in total. The Hall–Kier alpha value is -2.04. The summed E-state index contributed by atoms with van der Waals surface area (Å²) in [6.45, 7) is 10.7. The Kier molecular flexibility index (Phi) is 6.61. The average molecular weight is 321 g/mol. The van der Waals surface area contributed by atoms with Gasteiger partial charge in [-0.25, -0.2) is 9.59 Å². The SMILES string of the molecule is Cc1ccc(CC(C)OC(=O)[C@H](C)NC(=O)OC(C)(C)C)cc1. The third-order valence-electron chi connectivity index (χ3n) is 3.05. The Morgan fingerprint density at radius 3 is 2.22 bits per heavy atom.